The third-order valence-electron chi connectivity index (χ3n) is 4.78. The molecule has 0 spiro atoms. The van der Waals surface area contributed by atoms with Crippen molar-refractivity contribution in [1.29, 1.82) is 0 Å². The topological polar surface area (TPSA) is 73.4 Å². The predicted octanol–water partition coefficient (Wildman–Crippen LogP) is 2.34. The Hall–Kier alpha value is -2.77. The van der Waals surface area contributed by atoms with E-state index in [0.717, 1.165) is 18.7 Å². The molecule has 7 nitrogen and oxygen atoms in total. The molecule has 4 rings (SSSR count). The molecular formula is C20H22N4O3. The Morgan fingerprint density at radius 3 is 2.59 bits per heavy atom. The van der Waals surface area contributed by atoms with E-state index in [4.69, 9.17) is 9.15 Å². The summed E-state index contributed by atoms with van der Waals surface area (Å²) >= 11 is 0. The largest absolute Gasteiger partial charge is 0.469 e. The molecule has 0 radical (unpaired) electrons. The first-order chi connectivity index (χ1) is 13.2. The van der Waals surface area contributed by atoms with Crippen molar-refractivity contribution in [2.75, 3.05) is 26.3 Å². The van der Waals surface area contributed by atoms with E-state index in [9.17, 15) is 4.79 Å². The minimum atomic E-state index is -0.190. The summed E-state index contributed by atoms with van der Waals surface area (Å²) in [5.41, 5.74) is 1.12. The van der Waals surface area contributed by atoms with Gasteiger partial charge in [0.15, 0.2) is 5.82 Å². The van der Waals surface area contributed by atoms with Gasteiger partial charge in [-0.05, 0) is 19.1 Å². The summed E-state index contributed by atoms with van der Waals surface area (Å²) in [6, 6.07) is 13.4. The number of aromatic nitrogens is 3. The minimum Gasteiger partial charge on any atom is -0.469 e. The van der Waals surface area contributed by atoms with Crippen molar-refractivity contribution in [3.05, 3.63) is 70.5 Å². The van der Waals surface area contributed by atoms with Crippen LogP contribution in [0.1, 0.15) is 24.5 Å². The van der Waals surface area contributed by atoms with E-state index in [2.05, 4.69) is 15.0 Å². The molecule has 1 fully saturated rings. The van der Waals surface area contributed by atoms with E-state index in [1.165, 1.54) is 0 Å². The van der Waals surface area contributed by atoms with Gasteiger partial charge in [-0.15, -0.1) is 5.10 Å². The zero-order chi connectivity index (χ0) is 18.6. The maximum absolute atomic E-state index is 13.1. The van der Waals surface area contributed by atoms with Crippen molar-refractivity contribution < 1.29 is 9.15 Å². The van der Waals surface area contributed by atoms with Gasteiger partial charge in [0.2, 0.25) is 0 Å². The fraction of sp³-hybridized carbons (Fsp3) is 0.350. The van der Waals surface area contributed by atoms with Crippen molar-refractivity contribution >= 4 is 0 Å². The Balaban J connectivity index is 1.77. The monoisotopic (exact) mass is 366 g/mol. The van der Waals surface area contributed by atoms with Gasteiger partial charge < -0.3 is 9.15 Å². The number of hydrogen-bond acceptors (Lipinski definition) is 6. The number of nitrogens with zero attached hydrogens (tertiary/aromatic N) is 4. The Morgan fingerprint density at radius 1 is 1.11 bits per heavy atom. The van der Waals surface area contributed by atoms with Crippen LogP contribution >= 0.6 is 0 Å². The van der Waals surface area contributed by atoms with Gasteiger partial charge in [0, 0.05) is 18.7 Å². The summed E-state index contributed by atoms with van der Waals surface area (Å²) in [5, 5.41) is 4.59. The highest BCUT2D eigenvalue weighted by Crippen LogP contribution is 2.17. The normalized spacial score (nSPS) is 16.3. The average molecular weight is 366 g/mol. The van der Waals surface area contributed by atoms with Gasteiger partial charge in [-0.3, -0.25) is 9.69 Å². The summed E-state index contributed by atoms with van der Waals surface area (Å²) in [6.07, 6.45) is 1.76. The summed E-state index contributed by atoms with van der Waals surface area (Å²) in [4.78, 5) is 19.9. The summed E-state index contributed by atoms with van der Waals surface area (Å²) in [6.45, 7) is 4.85. The highest BCUT2D eigenvalue weighted by Gasteiger charge is 2.23. The molecule has 0 saturated carbocycles. The third kappa shape index (κ3) is 3.84. The smallest absolute Gasteiger partial charge is 0.290 e. The molecule has 2 aromatic heterocycles. The van der Waals surface area contributed by atoms with E-state index >= 15 is 0 Å². The summed E-state index contributed by atoms with van der Waals surface area (Å²) in [5.74, 6) is 1.24. The van der Waals surface area contributed by atoms with Crippen molar-refractivity contribution in [1.82, 2.24) is 19.7 Å². The van der Waals surface area contributed by atoms with Gasteiger partial charge in [-0.2, -0.15) is 0 Å². The van der Waals surface area contributed by atoms with Crippen LogP contribution in [-0.4, -0.2) is 46.0 Å². The summed E-state index contributed by atoms with van der Waals surface area (Å²) < 4.78 is 12.4. The molecule has 1 unspecified atom stereocenters. The van der Waals surface area contributed by atoms with Crippen LogP contribution in [0.2, 0.25) is 0 Å². The Bertz CT molecular complexity index is 932. The number of furan rings is 1. The van der Waals surface area contributed by atoms with Crippen LogP contribution in [-0.2, 0) is 11.2 Å². The SMILES string of the molecule is CC(N1CCOCC1)n1nc(-c2ccccc2)nc(Cc2ccco2)c1=O. The first-order valence-corrected chi connectivity index (χ1v) is 9.12. The van der Waals surface area contributed by atoms with E-state index in [1.807, 2.05) is 49.4 Å². The highest BCUT2D eigenvalue weighted by atomic mass is 16.5. The molecule has 7 heteroatoms. The molecule has 1 aromatic carbocycles. The van der Waals surface area contributed by atoms with Crippen molar-refractivity contribution in [3.8, 4) is 11.4 Å². The fourth-order valence-corrected chi connectivity index (χ4v) is 3.24. The first-order valence-electron chi connectivity index (χ1n) is 9.12. The number of morpholine rings is 1. The molecular weight excluding hydrogens is 344 g/mol. The molecule has 3 heterocycles. The molecule has 3 aromatic rings. The van der Waals surface area contributed by atoms with Crippen LogP contribution in [0, 0.1) is 0 Å². The van der Waals surface area contributed by atoms with Gasteiger partial charge in [-0.25, -0.2) is 9.67 Å². The zero-order valence-corrected chi connectivity index (χ0v) is 15.2. The molecule has 0 bridgehead atoms. The highest BCUT2D eigenvalue weighted by molar-refractivity contribution is 5.53. The fourth-order valence-electron chi connectivity index (χ4n) is 3.24. The van der Waals surface area contributed by atoms with Crippen LogP contribution in [0.3, 0.4) is 0 Å². The maximum Gasteiger partial charge on any atom is 0.290 e. The lowest BCUT2D eigenvalue weighted by Crippen LogP contribution is -2.44. The number of ether oxygens (including phenoxy) is 1. The van der Waals surface area contributed by atoms with Crippen LogP contribution in [0.15, 0.2) is 57.9 Å². The average Bonchev–Trinajstić information content (AvgIpc) is 3.23. The molecule has 0 N–H and O–H groups in total. The maximum atomic E-state index is 13.1. The molecule has 1 atom stereocenters. The van der Waals surface area contributed by atoms with E-state index < -0.39 is 0 Å². The molecule has 1 aliphatic heterocycles. The quantitative estimate of drug-likeness (QED) is 0.690. The predicted molar refractivity (Wildman–Crippen MR) is 100 cm³/mol. The second-order valence-electron chi connectivity index (χ2n) is 6.53. The lowest BCUT2D eigenvalue weighted by atomic mass is 10.2. The number of rotatable bonds is 5. The Labute approximate surface area is 157 Å². The van der Waals surface area contributed by atoms with Crippen LogP contribution in [0.5, 0.6) is 0 Å². The molecule has 1 aliphatic rings. The second-order valence-corrected chi connectivity index (χ2v) is 6.53. The van der Waals surface area contributed by atoms with Crippen LogP contribution in [0.4, 0.5) is 0 Å². The number of benzene rings is 1. The van der Waals surface area contributed by atoms with Gasteiger partial charge in [0.25, 0.3) is 5.56 Å². The van der Waals surface area contributed by atoms with Gasteiger partial charge in [0.1, 0.15) is 17.6 Å². The number of hydrogen-bond donors (Lipinski definition) is 0. The lowest BCUT2D eigenvalue weighted by Gasteiger charge is -2.32. The van der Waals surface area contributed by atoms with E-state index in [1.54, 1.807) is 10.9 Å². The third-order valence-corrected chi connectivity index (χ3v) is 4.78. The Morgan fingerprint density at radius 2 is 1.89 bits per heavy atom. The summed E-state index contributed by atoms with van der Waals surface area (Å²) in [7, 11) is 0. The minimum absolute atomic E-state index is 0.179. The lowest BCUT2D eigenvalue weighted by molar-refractivity contribution is -0.000962. The van der Waals surface area contributed by atoms with Crippen molar-refractivity contribution in [2.24, 2.45) is 0 Å². The van der Waals surface area contributed by atoms with Gasteiger partial charge >= 0.3 is 0 Å². The standard InChI is InChI=1S/C20H22N4O3/c1-15(23-9-12-26-13-10-23)24-20(25)18(14-17-8-5-11-27-17)21-19(22-24)16-6-3-2-4-7-16/h2-8,11,15H,9-10,12-14H2,1H3. The van der Waals surface area contributed by atoms with E-state index in [0.29, 0.717) is 36.9 Å². The van der Waals surface area contributed by atoms with Gasteiger partial charge in [0.05, 0.1) is 25.9 Å². The van der Waals surface area contributed by atoms with Crippen LogP contribution in [0.25, 0.3) is 11.4 Å². The first kappa shape index (κ1) is 17.6. The second kappa shape index (κ2) is 7.85. The molecule has 0 amide bonds. The zero-order valence-electron chi connectivity index (χ0n) is 15.2. The van der Waals surface area contributed by atoms with Crippen molar-refractivity contribution in [3.63, 3.8) is 0 Å². The molecule has 140 valence electrons. The van der Waals surface area contributed by atoms with E-state index in [-0.39, 0.29) is 11.7 Å². The van der Waals surface area contributed by atoms with Gasteiger partial charge in [-0.1, -0.05) is 30.3 Å². The molecule has 27 heavy (non-hydrogen) atoms. The molecule has 0 aliphatic carbocycles. The Kier molecular flexibility index (Phi) is 5.13. The molecule has 1 saturated heterocycles. The van der Waals surface area contributed by atoms with Crippen molar-refractivity contribution in [2.45, 2.75) is 19.5 Å². The van der Waals surface area contributed by atoms with Crippen LogP contribution < -0.4 is 5.56 Å².